The Morgan fingerprint density at radius 2 is 1.65 bits per heavy atom. The van der Waals surface area contributed by atoms with Gasteiger partial charge in [-0.15, -0.1) is 0 Å². The lowest BCUT2D eigenvalue weighted by Gasteiger charge is -2.11. The quantitative estimate of drug-likeness (QED) is 0.419. The zero-order valence-corrected chi connectivity index (χ0v) is 17.9. The predicted octanol–water partition coefficient (Wildman–Crippen LogP) is 3.95. The Labute approximate surface area is 182 Å². The summed E-state index contributed by atoms with van der Waals surface area (Å²) in [6.07, 6.45) is 0. The number of nitrogens with zero attached hydrogens (tertiary/aromatic N) is 5. The van der Waals surface area contributed by atoms with E-state index < -0.39 is 0 Å². The van der Waals surface area contributed by atoms with Crippen LogP contribution in [0.3, 0.4) is 0 Å². The van der Waals surface area contributed by atoms with E-state index in [-0.39, 0.29) is 5.56 Å². The van der Waals surface area contributed by atoms with Crippen LogP contribution >= 0.6 is 11.6 Å². The van der Waals surface area contributed by atoms with Crippen molar-refractivity contribution in [2.75, 3.05) is 13.7 Å². The molecule has 0 saturated carbocycles. The molecule has 0 aliphatic carbocycles. The van der Waals surface area contributed by atoms with Crippen molar-refractivity contribution in [1.82, 2.24) is 24.1 Å². The number of hydrogen-bond donors (Lipinski definition) is 0. The third-order valence-corrected chi connectivity index (χ3v) is 5.82. The fourth-order valence-electron chi connectivity index (χ4n) is 3.87. The van der Waals surface area contributed by atoms with Crippen LogP contribution in [0.2, 0.25) is 5.02 Å². The summed E-state index contributed by atoms with van der Waals surface area (Å²) in [7, 11) is 1.64. The van der Waals surface area contributed by atoms with Gasteiger partial charge in [-0.1, -0.05) is 41.9 Å². The van der Waals surface area contributed by atoms with Crippen molar-refractivity contribution < 1.29 is 4.74 Å². The third kappa shape index (κ3) is 3.26. The summed E-state index contributed by atoms with van der Waals surface area (Å²) < 4.78 is 8.84. The molecule has 5 rings (SSSR count). The molecule has 0 aliphatic rings. The topological polar surface area (TPSA) is 74.8 Å². The Kier molecular flexibility index (Phi) is 4.92. The Balaban J connectivity index is 1.83. The van der Waals surface area contributed by atoms with Crippen LogP contribution in [0.1, 0.15) is 11.4 Å². The first-order valence-electron chi connectivity index (χ1n) is 9.97. The molecule has 0 amide bonds. The van der Waals surface area contributed by atoms with Gasteiger partial charge in [0.1, 0.15) is 16.7 Å². The number of ether oxygens (including phenoxy) is 1. The molecular weight excluding hydrogens is 414 g/mol. The normalized spacial score (nSPS) is 11.7. The lowest BCUT2D eigenvalue weighted by atomic mass is 10.2. The number of hydrogen-bond acceptors (Lipinski definition) is 5. The molecule has 0 aliphatic heterocycles. The van der Waals surface area contributed by atoms with Crippen LogP contribution in [0.4, 0.5) is 0 Å². The number of aromatic nitrogens is 5. The second-order valence-electron chi connectivity index (χ2n) is 7.37. The minimum absolute atomic E-state index is 0.159. The molecule has 0 unspecified atom stereocenters. The van der Waals surface area contributed by atoms with Crippen LogP contribution in [0.15, 0.2) is 53.3 Å². The Bertz CT molecular complexity index is 1510. The minimum Gasteiger partial charge on any atom is -0.383 e. The number of rotatable bonds is 5. The van der Waals surface area contributed by atoms with E-state index in [1.165, 1.54) is 0 Å². The highest BCUT2D eigenvalue weighted by Gasteiger charge is 2.21. The summed E-state index contributed by atoms with van der Waals surface area (Å²) >= 11 is 6.34. The molecule has 0 atom stereocenters. The van der Waals surface area contributed by atoms with Crippen molar-refractivity contribution in [3.8, 4) is 0 Å². The molecule has 0 bridgehead atoms. The number of benzene rings is 2. The smallest absolute Gasteiger partial charge is 0.265 e. The van der Waals surface area contributed by atoms with Crippen molar-refractivity contribution in [3.63, 3.8) is 0 Å². The number of para-hydroxylation sites is 2. The van der Waals surface area contributed by atoms with Gasteiger partial charge < -0.3 is 9.30 Å². The largest absolute Gasteiger partial charge is 0.383 e. The maximum atomic E-state index is 13.7. The SMILES string of the molecule is COCCn1c2nc3ccccc3nc2c2c(=O)n(Cc3ccccc3Cl)c(C)nc21. The zero-order chi connectivity index (χ0) is 21.5. The second kappa shape index (κ2) is 7.76. The molecule has 7 nitrogen and oxygen atoms in total. The van der Waals surface area contributed by atoms with Crippen LogP contribution < -0.4 is 5.56 Å². The van der Waals surface area contributed by atoms with Crippen molar-refractivity contribution in [2.45, 2.75) is 20.0 Å². The molecule has 31 heavy (non-hydrogen) atoms. The summed E-state index contributed by atoms with van der Waals surface area (Å²) in [5.41, 5.74) is 3.95. The van der Waals surface area contributed by atoms with Gasteiger partial charge in [-0.3, -0.25) is 9.36 Å². The Morgan fingerprint density at radius 3 is 2.39 bits per heavy atom. The van der Waals surface area contributed by atoms with Crippen molar-refractivity contribution in [3.05, 3.63) is 75.3 Å². The van der Waals surface area contributed by atoms with E-state index in [4.69, 9.17) is 31.3 Å². The number of halogens is 1. The fourth-order valence-corrected chi connectivity index (χ4v) is 4.07. The molecule has 0 N–H and O–H groups in total. The highest BCUT2D eigenvalue weighted by Crippen LogP contribution is 2.26. The van der Waals surface area contributed by atoms with Gasteiger partial charge in [-0.05, 0) is 30.7 Å². The first-order valence-corrected chi connectivity index (χ1v) is 10.3. The molecule has 0 spiro atoms. The zero-order valence-electron chi connectivity index (χ0n) is 17.2. The van der Waals surface area contributed by atoms with Gasteiger partial charge in [-0.25, -0.2) is 15.0 Å². The third-order valence-electron chi connectivity index (χ3n) is 5.45. The monoisotopic (exact) mass is 433 g/mol. The first-order chi connectivity index (χ1) is 15.1. The Morgan fingerprint density at radius 1 is 0.935 bits per heavy atom. The highest BCUT2D eigenvalue weighted by atomic mass is 35.5. The van der Waals surface area contributed by atoms with E-state index in [2.05, 4.69) is 0 Å². The number of aryl methyl sites for hydroxylation is 1. The average molecular weight is 434 g/mol. The maximum Gasteiger partial charge on any atom is 0.265 e. The summed E-state index contributed by atoms with van der Waals surface area (Å²) in [4.78, 5) is 28.0. The van der Waals surface area contributed by atoms with Crippen LogP contribution in [-0.4, -0.2) is 37.8 Å². The van der Waals surface area contributed by atoms with Gasteiger partial charge in [0, 0.05) is 18.7 Å². The minimum atomic E-state index is -0.159. The average Bonchev–Trinajstić information content (AvgIpc) is 3.06. The molecule has 8 heteroatoms. The first kappa shape index (κ1) is 19.7. The number of methoxy groups -OCH3 is 1. The molecule has 156 valence electrons. The maximum absolute atomic E-state index is 13.7. The standard InChI is InChI=1S/C23H20ClN5O2/c1-14-25-21-19(23(30)29(14)13-15-7-3-4-8-16(15)24)20-22(28(21)11-12-31-2)27-18-10-6-5-9-17(18)26-20/h3-10H,11-13H2,1-2H3. The number of fused-ring (bicyclic) bond motifs is 4. The van der Waals surface area contributed by atoms with Crippen molar-refractivity contribution in [1.29, 1.82) is 0 Å². The molecule has 0 radical (unpaired) electrons. The molecular formula is C23H20ClN5O2. The van der Waals surface area contributed by atoms with E-state index in [0.717, 1.165) is 16.6 Å². The van der Waals surface area contributed by atoms with Gasteiger partial charge >= 0.3 is 0 Å². The summed E-state index contributed by atoms with van der Waals surface area (Å²) in [6, 6.07) is 15.1. The fraction of sp³-hybridized carbons (Fsp3) is 0.217. The van der Waals surface area contributed by atoms with Gasteiger partial charge in [-0.2, -0.15) is 0 Å². The second-order valence-corrected chi connectivity index (χ2v) is 7.78. The van der Waals surface area contributed by atoms with Crippen LogP contribution in [0, 0.1) is 6.92 Å². The van der Waals surface area contributed by atoms with Crippen LogP contribution in [0.5, 0.6) is 0 Å². The van der Waals surface area contributed by atoms with Gasteiger partial charge in [0.15, 0.2) is 11.3 Å². The highest BCUT2D eigenvalue weighted by molar-refractivity contribution is 6.31. The lowest BCUT2D eigenvalue weighted by Crippen LogP contribution is -2.25. The summed E-state index contributed by atoms with van der Waals surface area (Å²) in [5.74, 6) is 0.600. The van der Waals surface area contributed by atoms with E-state index in [1.54, 1.807) is 11.7 Å². The van der Waals surface area contributed by atoms with Gasteiger partial charge in [0.25, 0.3) is 5.56 Å². The molecule has 3 heterocycles. The van der Waals surface area contributed by atoms with E-state index in [1.807, 2.05) is 60.0 Å². The summed E-state index contributed by atoms with van der Waals surface area (Å²) in [5, 5.41) is 1.07. The Hall–Kier alpha value is -3.29. The lowest BCUT2D eigenvalue weighted by molar-refractivity contribution is 0.189. The molecule has 0 saturated heterocycles. The van der Waals surface area contributed by atoms with E-state index in [0.29, 0.717) is 52.7 Å². The van der Waals surface area contributed by atoms with Gasteiger partial charge in [0.2, 0.25) is 0 Å². The van der Waals surface area contributed by atoms with Gasteiger partial charge in [0.05, 0.1) is 24.2 Å². The molecule has 0 fully saturated rings. The van der Waals surface area contributed by atoms with Crippen LogP contribution in [-0.2, 0) is 17.8 Å². The van der Waals surface area contributed by atoms with Crippen molar-refractivity contribution in [2.24, 2.45) is 0 Å². The molecule has 3 aromatic heterocycles. The summed E-state index contributed by atoms with van der Waals surface area (Å²) in [6.45, 7) is 3.15. The van der Waals surface area contributed by atoms with Crippen LogP contribution in [0.25, 0.3) is 33.2 Å². The molecule has 5 aromatic rings. The van der Waals surface area contributed by atoms with Crippen molar-refractivity contribution >= 4 is 44.8 Å². The van der Waals surface area contributed by atoms with E-state index in [9.17, 15) is 4.79 Å². The van der Waals surface area contributed by atoms with E-state index >= 15 is 0 Å². The predicted molar refractivity (Wildman–Crippen MR) is 122 cm³/mol. The molecule has 2 aromatic carbocycles.